The fraction of sp³-hybridized carbons (Fsp3) is 0.667. The summed E-state index contributed by atoms with van der Waals surface area (Å²) in [5.41, 5.74) is 3.11. The van der Waals surface area contributed by atoms with Crippen LogP contribution in [0.2, 0.25) is 0 Å². The van der Waals surface area contributed by atoms with E-state index in [-0.39, 0.29) is 6.10 Å². The van der Waals surface area contributed by atoms with Crippen LogP contribution >= 0.6 is 0 Å². The molecule has 2 atom stereocenters. The molecule has 0 bridgehead atoms. The third kappa shape index (κ3) is 2.85. The standard InChI is InChI=1S/C18H27NO/c1-13(2)20-17-8-9-18-14(6-7-15(18)12-17)11-16-5-4-10-19(16)3/h8-9,12-14,16H,4-7,10-11H2,1-3H3/t14-,16+/m0/s1. The smallest absolute Gasteiger partial charge is 0.119 e. The Morgan fingerprint density at radius 1 is 1.30 bits per heavy atom. The number of likely N-dealkylation sites (tertiary alicyclic amines) is 1. The van der Waals surface area contributed by atoms with Gasteiger partial charge in [-0.15, -0.1) is 0 Å². The van der Waals surface area contributed by atoms with E-state index in [4.69, 9.17) is 4.74 Å². The van der Waals surface area contributed by atoms with Crippen molar-refractivity contribution in [1.29, 1.82) is 0 Å². The molecule has 0 unspecified atom stereocenters. The lowest BCUT2D eigenvalue weighted by Crippen LogP contribution is -2.26. The average Bonchev–Trinajstić information content (AvgIpc) is 2.97. The highest BCUT2D eigenvalue weighted by Crippen LogP contribution is 2.39. The highest BCUT2D eigenvalue weighted by molar-refractivity contribution is 5.41. The summed E-state index contributed by atoms with van der Waals surface area (Å²) >= 11 is 0. The summed E-state index contributed by atoms with van der Waals surface area (Å²) in [6, 6.07) is 7.56. The Kier molecular flexibility index (Phi) is 4.02. The van der Waals surface area contributed by atoms with Gasteiger partial charge >= 0.3 is 0 Å². The molecule has 2 aliphatic rings. The van der Waals surface area contributed by atoms with Crippen LogP contribution in [-0.4, -0.2) is 30.6 Å². The van der Waals surface area contributed by atoms with Crippen LogP contribution in [0.4, 0.5) is 0 Å². The van der Waals surface area contributed by atoms with Gasteiger partial charge in [-0.25, -0.2) is 0 Å². The zero-order valence-electron chi connectivity index (χ0n) is 13.1. The summed E-state index contributed by atoms with van der Waals surface area (Å²) in [5.74, 6) is 1.81. The molecule has 0 spiro atoms. The van der Waals surface area contributed by atoms with Gasteiger partial charge in [0.25, 0.3) is 0 Å². The lowest BCUT2D eigenvalue weighted by atomic mass is 9.93. The molecule has 2 heteroatoms. The highest BCUT2D eigenvalue weighted by atomic mass is 16.5. The monoisotopic (exact) mass is 273 g/mol. The van der Waals surface area contributed by atoms with Gasteiger partial charge in [0.05, 0.1) is 6.10 Å². The minimum atomic E-state index is 0.261. The Balaban J connectivity index is 1.70. The van der Waals surface area contributed by atoms with Crippen LogP contribution in [0.25, 0.3) is 0 Å². The summed E-state index contributed by atoms with van der Waals surface area (Å²) in [4.78, 5) is 2.55. The zero-order chi connectivity index (χ0) is 14.1. The van der Waals surface area contributed by atoms with E-state index in [0.29, 0.717) is 0 Å². The molecule has 1 aliphatic carbocycles. The second-order valence-electron chi connectivity index (χ2n) is 6.78. The maximum Gasteiger partial charge on any atom is 0.119 e. The first-order valence-electron chi connectivity index (χ1n) is 8.13. The van der Waals surface area contributed by atoms with Crippen molar-refractivity contribution in [3.63, 3.8) is 0 Å². The van der Waals surface area contributed by atoms with Gasteiger partial charge in [-0.05, 0) is 88.7 Å². The summed E-state index contributed by atoms with van der Waals surface area (Å²) in [7, 11) is 2.28. The molecule has 1 saturated heterocycles. The topological polar surface area (TPSA) is 12.5 Å². The van der Waals surface area contributed by atoms with Crippen molar-refractivity contribution in [2.75, 3.05) is 13.6 Å². The van der Waals surface area contributed by atoms with Gasteiger partial charge in [-0.3, -0.25) is 0 Å². The van der Waals surface area contributed by atoms with Gasteiger partial charge in [0.1, 0.15) is 5.75 Å². The van der Waals surface area contributed by atoms with Crippen molar-refractivity contribution in [2.24, 2.45) is 0 Å². The number of benzene rings is 1. The Morgan fingerprint density at radius 3 is 2.85 bits per heavy atom. The number of aryl methyl sites for hydroxylation is 1. The first-order chi connectivity index (χ1) is 9.63. The molecule has 20 heavy (non-hydrogen) atoms. The Bertz CT molecular complexity index is 468. The molecule has 1 heterocycles. The van der Waals surface area contributed by atoms with Gasteiger partial charge in [0.2, 0.25) is 0 Å². The molecule has 1 aliphatic heterocycles. The quantitative estimate of drug-likeness (QED) is 0.822. The van der Waals surface area contributed by atoms with Crippen LogP contribution in [0.1, 0.15) is 56.6 Å². The Morgan fingerprint density at radius 2 is 2.15 bits per heavy atom. The molecule has 0 radical (unpaired) electrons. The lowest BCUT2D eigenvalue weighted by molar-refractivity contribution is 0.242. The number of rotatable bonds is 4. The second kappa shape index (κ2) is 5.77. The molecule has 1 aromatic carbocycles. The first-order valence-corrected chi connectivity index (χ1v) is 8.13. The Hall–Kier alpha value is -1.02. The van der Waals surface area contributed by atoms with Crippen LogP contribution in [0.3, 0.4) is 0 Å². The van der Waals surface area contributed by atoms with Crippen molar-refractivity contribution in [2.45, 2.75) is 64.0 Å². The molecule has 0 amide bonds. The van der Waals surface area contributed by atoms with Gasteiger partial charge in [-0.2, -0.15) is 0 Å². The zero-order valence-corrected chi connectivity index (χ0v) is 13.1. The molecule has 3 rings (SSSR count). The second-order valence-corrected chi connectivity index (χ2v) is 6.78. The van der Waals surface area contributed by atoms with Crippen LogP contribution < -0.4 is 4.74 Å². The Labute approximate surface area is 123 Å². The van der Waals surface area contributed by atoms with Gasteiger partial charge in [-0.1, -0.05) is 6.07 Å². The van der Waals surface area contributed by atoms with E-state index < -0.39 is 0 Å². The van der Waals surface area contributed by atoms with Crippen molar-refractivity contribution in [1.82, 2.24) is 4.90 Å². The SMILES string of the molecule is CC(C)Oc1ccc2c(c1)CC[C@H]2C[C@H]1CCCN1C. The molecule has 110 valence electrons. The molecule has 2 nitrogen and oxygen atoms in total. The normalized spacial score (nSPS) is 26.2. The summed E-state index contributed by atoms with van der Waals surface area (Å²) < 4.78 is 5.82. The van der Waals surface area contributed by atoms with Crippen LogP contribution in [0.5, 0.6) is 5.75 Å². The van der Waals surface area contributed by atoms with Crippen LogP contribution in [0.15, 0.2) is 18.2 Å². The van der Waals surface area contributed by atoms with E-state index in [1.165, 1.54) is 44.2 Å². The molecular formula is C18H27NO. The molecule has 0 saturated carbocycles. The number of hydrogen-bond acceptors (Lipinski definition) is 2. The average molecular weight is 273 g/mol. The van der Waals surface area contributed by atoms with Crippen molar-refractivity contribution < 1.29 is 4.74 Å². The van der Waals surface area contributed by atoms with E-state index in [1.54, 1.807) is 5.56 Å². The third-order valence-electron chi connectivity index (χ3n) is 4.92. The molecule has 0 N–H and O–H groups in total. The van der Waals surface area contributed by atoms with Crippen LogP contribution in [-0.2, 0) is 6.42 Å². The number of fused-ring (bicyclic) bond motifs is 1. The molecule has 1 fully saturated rings. The fourth-order valence-corrected chi connectivity index (χ4v) is 3.88. The van der Waals surface area contributed by atoms with Crippen molar-refractivity contribution in [3.8, 4) is 5.75 Å². The first kappa shape index (κ1) is 13.9. The predicted octanol–water partition coefficient (Wildman–Crippen LogP) is 3.99. The van der Waals surface area contributed by atoms with E-state index in [9.17, 15) is 0 Å². The van der Waals surface area contributed by atoms with E-state index in [0.717, 1.165) is 17.7 Å². The van der Waals surface area contributed by atoms with E-state index in [1.807, 2.05) is 0 Å². The molecule has 0 aromatic heterocycles. The predicted molar refractivity (Wildman–Crippen MR) is 83.5 cm³/mol. The van der Waals surface area contributed by atoms with E-state index in [2.05, 4.69) is 44.0 Å². The summed E-state index contributed by atoms with van der Waals surface area (Å²) in [5, 5.41) is 0. The molecular weight excluding hydrogens is 246 g/mol. The van der Waals surface area contributed by atoms with Gasteiger partial charge in [0.15, 0.2) is 0 Å². The fourth-order valence-electron chi connectivity index (χ4n) is 3.88. The van der Waals surface area contributed by atoms with Crippen LogP contribution in [0, 0.1) is 0 Å². The number of nitrogens with zero attached hydrogens (tertiary/aromatic N) is 1. The number of hydrogen-bond donors (Lipinski definition) is 0. The largest absolute Gasteiger partial charge is 0.491 e. The third-order valence-corrected chi connectivity index (χ3v) is 4.92. The maximum absolute atomic E-state index is 5.82. The summed E-state index contributed by atoms with van der Waals surface area (Å²) in [6.45, 7) is 5.46. The summed E-state index contributed by atoms with van der Waals surface area (Å²) in [6.07, 6.45) is 6.92. The van der Waals surface area contributed by atoms with Crippen molar-refractivity contribution in [3.05, 3.63) is 29.3 Å². The number of ether oxygens (including phenoxy) is 1. The maximum atomic E-state index is 5.82. The minimum Gasteiger partial charge on any atom is -0.491 e. The lowest BCUT2D eigenvalue weighted by Gasteiger charge is -2.23. The highest BCUT2D eigenvalue weighted by Gasteiger charge is 2.29. The van der Waals surface area contributed by atoms with Gasteiger partial charge < -0.3 is 9.64 Å². The van der Waals surface area contributed by atoms with Crippen molar-refractivity contribution >= 4 is 0 Å². The van der Waals surface area contributed by atoms with Gasteiger partial charge in [0, 0.05) is 6.04 Å². The molecule has 1 aromatic rings. The minimum absolute atomic E-state index is 0.261. The van der Waals surface area contributed by atoms with E-state index >= 15 is 0 Å².